The van der Waals surface area contributed by atoms with Gasteiger partial charge < -0.3 is 4.74 Å². The first-order valence-corrected chi connectivity index (χ1v) is 4.28. The summed E-state index contributed by atoms with van der Waals surface area (Å²) < 4.78 is 5.38. The lowest BCUT2D eigenvalue weighted by molar-refractivity contribution is 0.461. The Morgan fingerprint density at radius 1 is 1.14 bits per heavy atom. The van der Waals surface area contributed by atoms with Crippen LogP contribution in [-0.4, -0.2) is 15.0 Å². The number of halogens is 1. The van der Waals surface area contributed by atoms with Crippen LogP contribution in [-0.2, 0) is 0 Å². The van der Waals surface area contributed by atoms with Gasteiger partial charge in [-0.1, -0.05) is 11.6 Å². The third-order valence-electron chi connectivity index (χ3n) is 1.48. The predicted molar refractivity (Wildman–Crippen MR) is 51.4 cm³/mol. The van der Waals surface area contributed by atoms with Crippen molar-refractivity contribution in [2.24, 2.45) is 0 Å². The lowest BCUT2D eigenvalue weighted by Crippen LogP contribution is -1.88. The molecule has 0 aliphatic carbocycles. The van der Waals surface area contributed by atoms with Crippen LogP contribution in [0.1, 0.15) is 0 Å². The molecule has 0 radical (unpaired) electrons. The summed E-state index contributed by atoms with van der Waals surface area (Å²) in [5, 5.41) is 0.351. The van der Waals surface area contributed by atoms with E-state index in [0.717, 1.165) is 0 Å². The molecule has 0 saturated carbocycles. The molecule has 0 aromatic carbocycles. The summed E-state index contributed by atoms with van der Waals surface area (Å²) in [6.07, 6.45) is 4.62. The smallest absolute Gasteiger partial charge is 0.223 e. The molecule has 2 aromatic rings. The maximum atomic E-state index is 5.67. The molecular formula is C9H6ClN3O. The fourth-order valence-corrected chi connectivity index (χ4v) is 1.04. The summed E-state index contributed by atoms with van der Waals surface area (Å²) in [5.41, 5.74) is 0. The summed E-state index contributed by atoms with van der Waals surface area (Å²) in [6.45, 7) is 0. The van der Waals surface area contributed by atoms with Gasteiger partial charge in [-0.15, -0.1) is 0 Å². The molecule has 0 N–H and O–H groups in total. The van der Waals surface area contributed by atoms with Crippen LogP contribution < -0.4 is 4.74 Å². The summed E-state index contributed by atoms with van der Waals surface area (Å²) >= 11 is 5.67. The van der Waals surface area contributed by atoms with Crippen molar-refractivity contribution in [3.8, 4) is 11.6 Å². The lowest BCUT2D eigenvalue weighted by atomic mass is 10.4. The molecule has 2 rings (SSSR count). The highest BCUT2D eigenvalue weighted by atomic mass is 35.5. The van der Waals surface area contributed by atoms with E-state index < -0.39 is 0 Å². The molecule has 14 heavy (non-hydrogen) atoms. The SMILES string of the molecule is Clc1cc(Oc2ccncc2)ncn1. The summed E-state index contributed by atoms with van der Waals surface area (Å²) in [6, 6.07) is 5.01. The Morgan fingerprint density at radius 2 is 1.93 bits per heavy atom. The topological polar surface area (TPSA) is 47.9 Å². The van der Waals surface area contributed by atoms with Crippen LogP contribution in [0.2, 0.25) is 5.15 Å². The molecule has 2 aromatic heterocycles. The van der Waals surface area contributed by atoms with Crippen molar-refractivity contribution in [3.05, 3.63) is 42.1 Å². The van der Waals surface area contributed by atoms with E-state index in [4.69, 9.17) is 16.3 Å². The van der Waals surface area contributed by atoms with Crippen molar-refractivity contribution < 1.29 is 4.74 Å². The monoisotopic (exact) mass is 207 g/mol. The van der Waals surface area contributed by atoms with Gasteiger partial charge in [0, 0.05) is 18.5 Å². The minimum atomic E-state index is 0.351. The van der Waals surface area contributed by atoms with Crippen molar-refractivity contribution in [1.29, 1.82) is 0 Å². The molecule has 0 saturated heterocycles. The molecule has 0 aliphatic heterocycles. The first-order valence-electron chi connectivity index (χ1n) is 3.90. The van der Waals surface area contributed by atoms with E-state index in [-0.39, 0.29) is 0 Å². The Balaban J connectivity index is 2.19. The molecule has 70 valence electrons. The third kappa shape index (κ3) is 2.17. The van der Waals surface area contributed by atoms with Crippen LogP contribution in [0.3, 0.4) is 0 Å². The molecule has 0 atom stereocenters. The van der Waals surface area contributed by atoms with Crippen molar-refractivity contribution in [2.75, 3.05) is 0 Å². The lowest BCUT2D eigenvalue weighted by Gasteiger charge is -2.02. The molecule has 4 nitrogen and oxygen atoms in total. The van der Waals surface area contributed by atoms with Gasteiger partial charge in [-0.2, -0.15) is 0 Å². The molecule has 0 amide bonds. The number of hydrogen-bond donors (Lipinski definition) is 0. The number of pyridine rings is 1. The fraction of sp³-hybridized carbons (Fsp3) is 0. The average molecular weight is 208 g/mol. The van der Waals surface area contributed by atoms with Gasteiger partial charge in [0.1, 0.15) is 17.2 Å². The fourth-order valence-electron chi connectivity index (χ4n) is 0.900. The Bertz CT molecular complexity index is 421. The maximum absolute atomic E-state index is 5.67. The number of aromatic nitrogens is 3. The Morgan fingerprint density at radius 3 is 2.64 bits per heavy atom. The summed E-state index contributed by atoms with van der Waals surface area (Å²) in [5.74, 6) is 1.07. The van der Waals surface area contributed by atoms with Crippen molar-refractivity contribution >= 4 is 11.6 Å². The van der Waals surface area contributed by atoms with Gasteiger partial charge >= 0.3 is 0 Å². The minimum Gasteiger partial charge on any atom is -0.439 e. The average Bonchev–Trinajstić information content (AvgIpc) is 2.19. The standard InChI is InChI=1S/C9H6ClN3O/c10-8-5-9(13-6-12-8)14-7-1-3-11-4-2-7/h1-6H. The van der Waals surface area contributed by atoms with Crippen molar-refractivity contribution in [1.82, 2.24) is 15.0 Å². The van der Waals surface area contributed by atoms with Crippen molar-refractivity contribution in [2.45, 2.75) is 0 Å². The number of rotatable bonds is 2. The zero-order chi connectivity index (χ0) is 9.80. The van der Waals surface area contributed by atoms with E-state index in [1.807, 2.05) is 0 Å². The zero-order valence-corrected chi connectivity index (χ0v) is 7.85. The van der Waals surface area contributed by atoms with Crippen LogP contribution in [0, 0.1) is 0 Å². The molecule has 0 aliphatic rings. The van der Waals surface area contributed by atoms with Crippen LogP contribution >= 0.6 is 11.6 Å². The molecule has 0 fully saturated rings. The van der Waals surface area contributed by atoms with Gasteiger partial charge in [0.05, 0.1) is 0 Å². The zero-order valence-electron chi connectivity index (χ0n) is 7.09. The van der Waals surface area contributed by atoms with Crippen LogP contribution in [0.5, 0.6) is 11.6 Å². The van der Waals surface area contributed by atoms with E-state index in [2.05, 4.69) is 15.0 Å². The third-order valence-corrected chi connectivity index (χ3v) is 1.69. The second-order valence-corrected chi connectivity index (χ2v) is 2.85. The van der Waals surface area contributed by atoms with Crippen LogP contribution in [0.25, 0.3) is 0 Å². The second-order valence-electron chi connectivity index (χ2n) is 2.46. The van der Waals surface area contributed by atoms with Gasteiger partial charge in [0.25, 0.3) is 0 Å². The van der Waals surface area contributed by atoms with E-state index in [1.165, 1.54) is 6.33 Å². The van der Waals surface area contributed by atoms with Crippen molar-refractivity contribution in [3.63, 3.8) is 0 Å². The number of hydrogen-bond acceptors (Lipinski definition) is 4. The second kappa shape index (κ2) is 4.02. The minimum absolute atomic E-state index is 0.351. The van der Waals surface area contributed by atoms with Gasteiger partial charge in [0.15, 0.2) is 0 Å². The largest absolute Gasteiger partial charge is 0.439 e. The molecule has 0 unspecified atom stereocenters. The number of nitrogens with zero attached hydrogens (tertiary/aromatic N) is 3. The van der Waals surface area contributed by atoms with Gasteiger partial charge in [-0.05, 0) is 12.1 Å². The highest BCUT2D eigenvalue weighted by Crippen LogP contribution is 2.19. The Hall–Kier alpha value is -1.68. The highest BCUT2D eigenvalue weighted by Gasteiger charge is 1.98. The summed E-state index contributed by atoms with van der Waals surface area (Å²) in [7, 11) is 0. The predicted octanol–water partition coefficient (Wildman–Crippen LogP) is 2.32. The molecule has 2 heterocycles. The van der Waals surface area contributed by atoms with Crippen LogP contribution in [0.4, 0.5) is 0 Å². The first kappa shape index (κ1) is 8.90. The normalized spacial score (nSPS) is 9.79. The molecule has 0 bridgehead atoms. The van der Waals surface area contributed by atoms with Gasteiger partial charge in [-0.3, -0.25) is 4.98 Å². The molecule has 0 spiro atoms. The Kier molecular flexibility index (Phi) is 2.55. The number of ether oxygens (including phenoxy) is 1. The highest BCUT2D eigenvalue weighted by molar-refractivity contribution is 6.29. The Labute approximate surface area is 85.6 Å². The first-order chi connectivity index (χ1) is 6.84. The van der Waals surface area contributed by atoms with Crippen LogP contribution in [0.15, 0.2) is 36.9 Å². The summed E-state index contributed by atoms with van der Waals surface area (Å²) in [4.78, 5) is 11.5. The van der Waals surface area contributed by atoms with E-state index >= 15 is 0 Å². The quantitative estimate of drug-likeness (QED) is 0.709. The molecule has 5 heteroatoms. The molecular weight excluding hydrogens is 202 g/mol. The van der Waals surface area contributed by atoms with E-state index in [9.17, 15) is 0 Å². The van der Waals surface area contributed by atoms with E-state index in [1.54, 1.807) is 30.6 Å². The maximum Gasteiger partial charge on any atom is 0.223 e. The van der Waals surface area contributed by atoms with E-state index in [0.29, 0.717) is 16.8 Å². The van der Waals surface area contributed by atoms with Gasteiger partial charge in [-0.25, -0.2) is 9.97 Å². The van der Waals surface area contributed by atoms with Gasteiger partial charge in [0.2, 0.25) is 5.88 Å².